The maximum Gasteiger partial charge on any atom is 0.407 e. The van der Waals surface area contributed by atoms with Crippen molar-refractivity contribution < 1.29 is 67.0 Å². The average molecular weight is 1240 g/mol. The molecule has 0 saturated heterocycles. The van der Waals surface area contributed by atoms with Gasteiger partial charge in [-0.15, -0.1) is 0 Å². The van der Waals surface area contributed by atoms with Crippen molar-refractivity contribution in [3.05, 3.63) is 113 Å². The fourth-order valence-corrected chi connectivity index (χ4v) is 9.31. The zero-order valence-electron chi connectivity index (χ0n) is 52.3. The van der Waals surface area contributed by atoms with Crippen molar-refractivity contribution in [2.45, 2.75) is 170 Å². The number of nitrogens with zero attached hydrogens (tertiary/aromatic N) is 1. The van der Waals surface area contributed by atoms with Crippen LogP contribution in [0.15, 0.2) is 107 Å². The van der Waals surface area contributed by atoms with E-state index >= 15 is 0 Å². The minimum absolute atomic E-state index is 0.00539. The predicted octanol–water partition coefficient (Wildman–Crippen LogP) is 8.91. The lowest BCUT2D eigenvalue weighted by Crippen LogP contribution is -2.48. The summed E-state index contributed by atoms with van der Waals surface area (Å²) in [5.74, 6) is -3.91. The van der Waals surface area contributed by atoms with Gasteiger partial charge in [0.15, 0.2) is 11.6 Å². The van der Waals surface area contributed by atoms with Gasteiger partial charge in [-0.05, 0) is 81.9 Å². The summed E-state index contributed by atoms with van der Waals surface area (Å²) in [6.45, 7) is 17.2. The first-order valence-electron chi connectivity index (χ1n) is 30.0. The third-order valence-corrected chi connectivity index (χ3v) is 14.4. The molecule has 0 radical (unpaired) electrons. The molecule has 8 N–H and O–H groups in total. The molecule has 0 bridgehead atoms. The van der Waals surface area contributed by atoms with Crippen molar-refractivity contribution in [2.24, 2.45) is 28.9 Å². The number of primary amides is 1. The number of anilines is 1. The van der Waals surface area contributed by atoms with E-state index in [0.717, 1.165) is 10.5 Å². The number of benzene rings is 1. The molecule has 1 aromatic rings. The molecule has 0 unspecified atom stereocenters. The number of urea groups is 1. The van der Waals surface area contributed by atoms with Crippen LogP contribution in [-0.2, 0) is 59.2 Å². The molecule has 2 heterocycles. The molecule has 2 aliphatic heterocycles. The number of halogens is 1. The summed E-state index contributed by atoms with van der Waals surface area (Å²) in [6, 6.07) is 4.16. The summed E-state index contributed by atoms with van der Waals surface area (Å²) in [4.78, 5) is 140. The smallest absolute Gasteiger partial charge is 0.407 e. The van der Waals surface area contributed by atoms with Gasteiger partial charge in [-0.3, -0.25) is 38.5 Å². The van der Waals surface area contributed by atoms with E-state index in [1.54, 1.807) is 82.3 Å². The molecule has 0 aliphatic carbocycles. The number of nitrogens with two attached hydrogens (primary N) is 1. The Morgan fingerprint density at radius 1 is 0.807 bits per heavy atom. The van der Waals surface area contributed by atoms with E-state index in [1.807, 2.05) is 52.8 Å². The Labute approximate surface area is 522 Å². The number of hydrogen-bond donors (Lipinski definition) is 7. The first-order chi connectivity index (χ1) is 41.6. The largest absolute Gasteiger partial charge is 0.458 e. The van der Waals surface area contributed by atoms with Crippen LogP contribution >= 0.6 is 11.6 Å². The summed E-state index contributed by atoms with van der Waals surface area (Å²) in [5.41, 5.74) is 7.19. The van der Waals surface area contributed by atoms with E-state index in [4.69, 9.17) is 31.5 Å². The van der Waals surface area contributed by atoms with Crippen LogP contribution in [0.1, 0.15) is 145 Å². The fraction of sp³-hybridized carbons (Fsp3) is 0.523. The maximum absolute atomic E-state index is 13.7. The van der Waals surface area contributed by atoms with Gasteiger partial charge in [-0.2, -0.15) is 0 Å². The topological polar surface area (TPSA) is 317 Å². The molecule has 0 spiro atoms. The van der Waals surface area contributed by atoms with Gasteiger partial charge in [0.25, 0.3) is 11.8 Å². The number of Topliss-reactive ketones (excluding diaryl/α,β-unsaturated/α-hetero) is 2. The summed E-state index contributed by atoms with van der Waals surface area (Å²) in [7, 11) is 0. The van der Waals surface area contributed by atoms with Crippen LogP contribution in [0.4, 0.5) is 20.1 Å². The van der Waals surface area contributed by atoms with Crippen molar-refractivity contribution in [2.75, 3.05) is 31.5 Å². The summed E-state index contributed by atoms with van der Waals surface area (Å²) >= 11 is 6.09. The van der Waals surface area contributed by atoms with Crippen molar-refractivity contribution in [3.8, 4) is 0 Å². The highest BCUT2D eigenvalue weighted by Gasteiger charge is 2.32. The zero-order valence-corrected chi connectivity index (χ0v) is 53.1. The average Bonchev–Trinajstić information content (AvgIpc) is 3.97. The molecule has 0 aromatic heterocycles. The number of hydrogen-bond acceptors (Lipinski definition) is 14. The molecule has 9 amide bonds. The van der Waals surface area contributed by atoms with E-state index in [1.165, 1.54) is 18.2 Å². The lowest BCUT2D eigenvalue weighted by molar-refractivity contribution is -0.147. The Balaban J connectivity index is 1.42. The SMILES string of the molecule is CC1=CC[C@@H]([C@@H](C)/C=C(C)/C=C\C=C/C(=O)N[C@H](C(=O)C/C=C\C[C@H](C/C=C(\C)Cl)OC(=O)NCCCNC(=O)OCc2ccc(NC(=O)[C@H](CCCNC(N)=O)CC(=O)[C@@H](NC(=O)CCCCCN3C(=O)C=CC3=O)C(C)C)cc2)C(C)(C)C)OC1=O. The number of carbonyl (C=O) groups excluding carboxylic acids is 11. The number of alkyl carbamates (subject to hydrolysis) is 2. The fourth-order valence-electron chi connectivity index (χ4n) is 9.22. The Hall–Kier alpha value is -8.14. The first kappa shape index (κ1) is 74.1. The van der Waals surface area contributed by atoms with Crippen molar-refractivity contribution in [3.63, 3.8) is 0 Å². The van der Waals surface area contributed by atoms with Crippen molar-refractivity contribution in [1.82, 2.24) is 31.5 Å². The quantitative estimate of drug-likeness (QED) is 0.00622. The number of unbranched alkanes of at least 4 members (excludes halogenated alkanes) is 2. The third-order valence-electron chi connectivity index (χ3n) is 14.2. The molecule has 22 nitrogen and oxygen atoms in total. The van der Waals surface area contributed by atoms with E-state index < -0.39 is 59.6 Å². The number of carbonyl (C=O) groups is 11. The van der Waals surface area contributed by atoms with Crippen molar-refractivity contribution >= 4 is 82.6 Å². The second-order valence-electron chi connectivity index (χ2n) is 23.3. The molecular formula is C65H91ClN8O14. The van der Waals surface area contributed by atoms with E-state index in [-0.39, 0.29) is 118 Å². The number of ketones is 2. The summed E-state index contributed by atoms with van der Waals surface area (Å²) in [6.07, 6.45) is 19.4. The van der Waals surface area contributed by atoms with Crippen LogP contribution in [0.5, 0.6) is 0 Å². The van der Waals surface area contributed by atoms with E-state index in [0.29, 0.717) is 66.8 Å². The Morgan fingerprint density at radius 3 is 2.10 bits per heavy atom. The van der Waals surface area contributed by atoms with Crippen LogP contribution < -0.4 is 37.6 Å². The molecular weight excluding hydrogens is 1150 g/mol. The second kappa shape index (κ2) is 38.9. The summed E-state index contributed by atoms with van der Waals surface area (Å²) in [5, 5.41) is 16.8. The van der Waals surface area contributed by atoms with Gasteiger partial charge >= 0.3 is 24.2 Å². The predicted molar refractivity (Wildman–Crippen MR) is 336 cm³/mol. The van der Waals surface area contributed by atoms with Crippen LogP contribution in [0.3, 0.4) is 0 Å². The van der Waals surface area contributed by atoms with Crippen LogP contribution in [0.2, 0.25) is 0 Å². The highest BCUT2D eigenvalue weighted by atomic mass is 35.5. The number of amides is 9. The Bertz CT molecular complexity index is 2790. The lowest BCUT2D eigenvalue weighted by Gasteiger charge is -2.29. The first-order valence-corrected chi connectivity index (χ1v) is 30.4. The minimum atomic E-state index is -0.867. The molecule has 1 aromatic carbocycles. The summed E-state index contributed by atoms with van der Waals surface area (Å²) < 4.78 is 16.5. The number of imide groups is 1. The van der Waals surface area contributed by atoms with Crippen LogP contribution in [0, 0.1) is 23.2 Å². The van der Waals surface area contributed by atoms with Crippen LogP contribution in [-0.4, -0.2) is 121 Å². The molecule has 3 rings (SSSR count). The molecule has 482 valence electrons. The number of rotatable bonds is 37. The molecule has 2 aliphatic rings. The van der Waals surface area contributed by atoms with Crippen LogP contribution in [0.25, 0.3) is 0 Å². The molecule has 0 fully saturated rings. The number of cyclic esters (lactones) is 1. The highest BCUT2D eigenvalue weighted by molar-refractivity contribution is 6.29. The maximum atomic E-state index is 13.7. The third kappa shape index (κ3) is 29.5. The van der Waals surface area contributed by atoms with Gasteiger partial charge in [-0.25, -0.2) is 19.2 Å². The molecule has 23 heteroatoms. The van der Waals surface area contributed by atoms with Gasteiger partial charge in [0, 0.05) is 111 Å². The Morgan fingerprint density at radius 2 is 1.47 bits per heavy atom. The van der Waals surface area contributed by atoms with E-state index in [9.17, 15) is 52.7 Å². The zero-order chi connectivity index (χ0) is 65.3. The highest BCUT2D eigenvalue weighted by Crippen LogP contribution is 2.25. The lowest BCUT2D eigenvalue weighted by atomic mass is 9.83. The number of ether oxygens (including phenoxy) is 3. The number of allylic oxidation sites excluding steroid dienone is 6. The van der Waals surface area contributed by atoms with Gasteiger partial charge in [-0.1, -0.05) is 126 Å². The normalized spacial score (nSPS) is 16.4. The molecule has 88 heavy (non-hydrogen) atoms. The number of esters is 1. The molecule has 0 saturated carbocycles. The van der Waals surface area contributed by atoms with Gasteiger partial charge in [0.05, 0.1) is 12.1 Å². The van der Waals surface area contributed by atoms with Gasteiger partial charge in [0.2, 0.25) is 17.7 Å². The monoisotopic (exact) mass is 1240 g/mol. The van der Waals surface area contributed by atoms with Gasteiger partial charge in [0.1, 0.15) is 18.8 Å². The minimum Gasteiger partial charge on any atom is -0.458 e. The second-order valence-corrected chi connectivity index (χ2v) is 23.9. The standard InChI is InChI=1S/C65H91ClN8O14/c1-42(2)58(72-54(77)23-11-10-16-38-74-56(79)33-34-57(74)80)52(76)40-48(20-17-35-68-62(67)83)60(81)71-49-29-27-47(28-30-49)41-86-63(84)69-36-18-37-70-64(85)87-50(31-26-46(6)66)21-13-14-22-51(75)59(65(7,8)9)73-55(78)24-15-12-19-43(3)39-45(5)53-32-25-44(4)61(82)88-53/h12-15,19,24-30,33-34,39,42,45,48,50,53,58-59H,10-11,16-18,20-23,31-32,35-38,40-41H2,1-9H3,(H,69,84)(H,70,85)(H,71,81)(H,72,77)(H,73,78)(H3,67,68,83)/b14-13-,19-12-,24-15-,43-39+,46-26+/t45-,48+,50+,53-,58-,59+/m0/s1. The van der Waals surface area contributed by atoms with Gasteiger partial charge < -0.3 is 51.8 Å². The Kier molecular flexibility index (Phi) is 32.8. The van der Waals surface area contributed by atoms with Crippen molar-refractivity contribution in [1.29, 1.82) is 0 Å². The van der Waals surface area contributed by atoms with E-state index in [2.05, 4.69) is 31.9 Å². The molecule has 6 atom stereocenters. The number of nitrogens with one attached hydrogen (secondary N) is 6.